The maximum Gasteiger partial charge on any atom is 0.256 e. The molecule has 1 aliphatic heterocycles. The van der Waals surface area contributed by atoms with E-state index in [2.05, 4.69) is 53.8 Å². The van der Waals surface area contributed by atoms with Crippen molar-refractivity contribution in [1.82, 2.24) is 15.1 Å². The van der Waals surface area contributed by atoms with Gasteiger partial charge in [-0.2, -0.15) is 5.10 Å². The number of benzene rings is 1. The Labute approximate surface area is 173 Å². The van der Waals surface area contributed by atoms with Crippen LogP contribution in [0.1, 0.15) is 73.9 Å². The molecule has 5 heteroatoms. The lowest BCUT2D eigenvalue weighted by molar-refractivity contribution is 0.0938. The predicted molar refractivity (Wildman–Crippen MR) is 115 cm³/mol. The molecule has 5 rings (SSSR count). The van der Waals surface area contributed by atoms with E-state index in [4.69, 9.17) is 0 Å². The normalized spacial score (nSPS) is 23.9. The number of amides is 1. The molecule has 2 aliphatic carbocycles. The van der Waals surface area contributed by atoms with Crippen molar-refractivity contribution in [2.75, 3.05) is 5.32 Å². The molecule has 0 radical (unpaired) electrons. The summed E-state index contributed by atoms with van der Waals surface area (Å²) >= 11 is 0. The highest BCUT2D eigenvalue weighted by atomic mass is 16.1. The molecule has 0 saturated heterocycles. The number of anilines is 1. The smallest absolute Gasteiger partial charge is 0.256 e. The zero-order chi connectivity index (χ0) is 20.0. The largest absolute Gasteiger partial charge is 0.366 e. The number of nitrogens with zero attached hydrogens (tertiary/aromatic N) is 2. The second-order valence-electron chi connectivity index (χ2n) is 9.83. The quantitative estimate of drug-likeness (QED) is 0.820. The Morgan fingerprint density at radius 2 is 1.83 bits per heavy atom. The third-order valence-electron chi connectivity index (χ3n) is 7.23. The van der Waals surface area contributed by atoms with Crippen molar-refractivity contribution in [2.24, 2.45) is 5.92 Å². The molecule has 1 unspecified atom stereocenters. The van der Waals surface area contributed by atoms with Gasteiger partial charge in [0.1, 0.15) is 11.4 Å². The van der Waals surface area contributed by atoms with Crippen molar-refractivity contribution < 1.29 is 4.79 Å². The monoisotopic (exact) mass is 392 g/mol. The molecule has 2 heterocycles. The van der Waals surface area contributed by atoms with Gasteiger partial charge < -0.3 is 10.6 Å². The van der Waals surface area contributed by atoms with Gasteiger partial charge in [0.2, 0.25) is 0 Å². The van der Waals surface area contributed by atoms with Crippen LogP contribution in [0.4, 0.5) is 5.82 Å². The van der Waals surface area contributed by atoms with Crippen LogP contribution in [-0.4, -0.2) is 27.8 Å². The summed E-state index contributed by atoms with van der Waals surface area (Å²) in [5, 5.41) is 11.6. The van der Waals surface area contributed by atoms with Crippen LogP contribution in [-0.2, 0) is 18.4 Å². The maximum atomic E-state index is 13.2. The third-order valence-corrected chi connectivity index (χ3v) is 7.23. The Hall–Kier alpha value is -2.30. The average Bonchev–Trinajstić information content (AvgIpc) is 3.32. The number of fused-ring (bicyclic) bond motifs is 2. The molecule has 5 nitrogen and oxygen atoms in total. The molecular formula is C24H32N4O. The molecule has 3 aliphatic rings. The zero-order valence-corrected chi connectivity index (χ0v) is 17.6. The van der Waals surface area contributed by atoms with E-state index in [1.807, 2.05) is 4.68 Å². The molecule has 0 bridgehead atoms. The van der Waals surface area contributed by atoms with E-state index in [0.29, 0.717) is 17.5 Å². The second-order valence-corrected chi connectivity index (χ2v) is 9.83. The molecule has 2 aromatic rings. The first-order valence-corrected chi connectivity index (χ1v) is 11.2. The Kier molecular flexibility index (Phi) is 4.64. The minimum atomic E-state index is -0.0785. The number of hydrogen-bond donors (Lipinski definition) is 2. The Bertz CT molecular complexity index is 884. The van der Waals surface area contributed by atoms with Crippen LogP contribution in [0.3, 0.4) is 0 Å². The van der Waals surface area contributed by atoms with Gasteiger partial charge in [0.25, 0.3) is 5.91 Å². The fourth-order valence-corrected chi connectivity index (χ4v) is 5.71. The van der Waals surface area contributed by atoms with E-state index in [1.165, 1.54) is 43.2 Å². The first-order chi connectivity index (χ1) is 14.0. The molecule has 1 saturated carbocycles. The highest BCUT2D eigenvalue weighted by molar-refractivity contribution is 5.99. The molecular weight excluding hydrogens is 360 g/mol. The summed E-state index contributed by atoms with van der Waals surface area (Å²) in [6, 6.07) is 9.09. The van der Waals surface area contributed by atoms with E-state index >= 15 is 0 Å². The SMILES string of the molecule is CC1(C)CC(C2CCCCC2)Nc2c(C(=O)NC3Cc4ccccc4C3)cnn21. The number of hydrogen-bond acceptors (Lipinski definition) is 3. The van der Waals surface area contributed by atoms with E-state index in [0.717, 1.165) is 25.1 Å². The Balaban J connectivity index is 1.35. The van der Waals surface area contributed by atoms with Crippen molar-refractivity contribution in [3.63, 3.8) is 0 Å². The van der Waals surface area contributed by atoms with Crippen LogP contribution >= 0.6 is 0 Å². The summed E-state index contributed by atoms with van der Waals surface area (Å²) in [5.74, 6) is 1.61. The van der Waals surface area contributed by atoms with Crippen LogP contribution in [0.2, 0.25) is 0 Å². The van der Waals surface area contributed by atoms with Crippen molar-refractivity contribution in [3.05, 3.63) is 47.2 Å². The molecule has 1 aromatic heterocycles. The van der Waals surface area contributed by atoms with Crippen molar-refractivity contribution in [1.29, 1.82) is 0 Å². The van der Waals surface area contributed by atoms with Crippen molar-refractivity contribution in [3.8, 4) is 0 Å². The first-order valence-electron chi connectivity index (χ1n) is 11.2. The third kappa shape index (κ3) is 3.45. The van der Waals surface area contributed by atoms with Gasteiger partial charge in [0, 0.05) is 12.1 Å². The molecule has 1 aromatic carbocycles. The molecule has 1 fully saturated rings. The van der Waals surface area contributed by atoms with Crippen LogP contribution in [0.25, 0.3) is 0 Å². The fraction of sp³-hybridized carbons (Fsp3) is 0.583. The number of rotatable bonds is 3. The summed E-state index contributed by atoms with van der Waals surface area (Å²) < 4.78 is 2.03. The molecule has 154 valence electrons. The van der Waals surface area contributed by atoms with Gasteiger partial charge in [-0.15, -0.1) is 0 Å². The van der Waals surface area contributed by atoms with Crippen LogP contribution in [0, 0.1) is 5.92 Å². The van der Waals surface area contributed by atoms with Crippen LogP contribution in [0.15, 0.2) is 30.5 Å². The summed E-state index contributed by atoms with van der Waals surface area (Å²) in [7, 11) is 0. The first kappa shape index (κ1) is 18.7. The standard InChI is InChI=1S/C24H32N4O/c1-24(2)14-21(16-8-4-3-5-9-16)27-22-20(15-25-28(22)24)23(29)26-19-12-17-10-6-7-11-18(17)13-19/h6-7,10-11,15-16,19,21,27H,3-5,8-9,12-14H2,1-2H3,(H,26,29). The van der Waals surface area contributed by atoms with Gasteiger partial charge in [0.05, 0.1) is 11.7 Å². The van der Waals surface area contributed by atoms with Crippen molar-refractivity contribution in [2.45, 2.75) is 82.8 Å². The molecule has 29 heavy (non-hydrogen) atoms. The molecule has 0 spiro atoms. The topological polar surface area (TPSA) is 59.0 Å². The highest BCUT2D eigenvalue weighted by Gasteiger charge is 2.39. The fourth-order valence-electron chi connectivity index (χ4n) is 5.71. The summed E-state index contributed by atoms with van der Waals surface area (Å²) in [5.41, 5.74) is 3.32. The van der Waals surface area contributed by atoms with E-state index in [-0.39, 0.29) is 17.5 Å². The van der Waals surface area contributed by atoms with Gasteiger partial charge in [-0.3, -0.25) is 4.79 Å². The van der Waals surface area contributed by atoms with Crippen molar-refractivity contribution >= 4 is 11.7 Å². The minimum absolute atomic E-state index is 0.00310. The van der Waals surface area contributed by atoms with E-state index in [9.17, 15) is 4.79 Å². The van der Waals surface area contributed by atoms with Gasteiger partial charge >= 0.3 is 0 Å². The lowest BCUT2D eigenvalue weighted by Crippen LogP contribution is -2.46. The molecule has 1 atom stereocenters. The number of aromatic nitrogens is 2. The number of carbonyl (C=O) groups is 1. The summed E-state index contributed by atoms with van der Waals surface area (Å²) in [6.07, 6.45) is 11.3. The number of carbonyl (C=O) groups excluding carboxylic acids is 1. The van der Waals surface area contributed by atoms with Crippen LogP contribution in [0.5, 0.6) is 0 Å². The lowest BCUT2D eigenvalue weighted by atomic mass is 9.78. The summed E-state index contributed by atoms with van der Waals surface area (Å²) in [4.78, 5) is 13.2. The van der Waals surface area contributed by atoms with Gasteiger partial charge in [-0.25, -0.2) is 4.68 Å². The average molecular weight is 393 g/mol. The zero-order valence-electron chi connectivity index (χ0n) is 17.6. The van der Waals surface area contributed by atoms with Gasteiger partial charge in [0.15, 0.2) is 0 Å². The van der Waals surface area contributed by atoms with E-state index in [1.54, 1.807) is 6.20 Å². The summed E-state index contributed by atoms with van der Waals surface area (Å²) in [6.45, 7) is 4.49. The second kappa shape index (κ2) is 7.19. The van der Waals surface area contributed by atoms with E-state index < -0.39 is 0 Å². The van der Waals surface area contributed by atoms with Gasteiger partial charge in [-0.1, -0.05) is 43.5 Å². The maximum absolute atomic E-state index is 13.2. The Morgan fingerprint density at radius 1 is 1.14 bits per heavy atom. The Morgan fingerprint density at radius 3 is 2.52 bits per heavy atom. The lowest BCUT2D eigenvalue weighted by Gasteiger charge is -2.42. The predicted octanol–water partition coefficient (Wildman–Crippen LogP) is 4.28. The van der Waals surface area contributed by atoms with Crippen LogP contribution < -0.4 is 10.6 Å². The molecule has 1 amide bonds. The minimum Gasteiger partial charge on any atom is -0.366 e. The molecule has 2 N–H and O–H groups in total. The highest BCUT2D eigenvalue weighted by Crippen LogP contribution is 2.39. The number of nitrogens with one attached hydrogen (secondary N) is 2. The van der Waals surface area contributed by atoms with Gasteiger partial charge in [-0.05, 0) is 63.0 Å².